The molecule has 0 heterocycles. The minimum Gasteiger partial charge on any atom is -0.445 e. The number of ether oxygens (including phenoxy) is 1. The van der Waals surface area contributed by atoms with Gasteiger partial charge in [-0.05, 0) is 19.3 Å². The van der Waals surface area contributed by atoms with Crippen molar-refractivity contribution < 1.29 is 9.53 Å². The molecular formula is C6H12N2O2. The summed E-state index contributed by atoms with van der Waals surface area (Å²) in [5.41, 5.74) is 10.4. The molecule has 10 heavy (non-hydrogen) atoms. The van der Waals surface area contributed by atoms with Crippen molar-refractivity contribution in [2.24, 2.45) is 11.5 Å². The Kier molecular flexibility index (Phi) is 2.11. The van der Waals surface area contributed by atoms with Gasteiger partial charge in [-0.3, -0.25) is 0 Å². The van der Waals surface area contributed by atoms with E-state index >= 15 is 0 Å². The van der Waals surface area contributed by atoms with Crippen molar-refractivity contribution in [3.63, 3.8) is 0 Å². The molecular weight excluding hydrogens is 132 g/mol. The molecule has 0 bridgehead atoms. The van der Waals surface area contributed by atoms with Gasteiger partial charge in [-0.1, -0.05) is 0 Å². The molecule has 2 atom stereocenters. The lowest BCUT2D eigenvalue weighted by molar-refractivity contribution is 0.101. The van der Waals surface area contributed by atoms with Crippen LogP contribution in [0.4, 0.5) is 4.79 Å². The third-order valence-corrected chi connectivity index (χ3v) is 1.77. The van der Waals surface area contributed by atoms with Crippen LogP contribution in [0.15, 0.2) is 0 Å². The van der Waals surface area contributed by atoms with Crippen molar-refractivity contribution in [1.82, 2.24) is 0 Å². The average Bonchev–Trinajstić information content (AvgIpc) is 2.15. The number of primary amides is 1. The van der Waals surface area contributed by atoms with Gasteiger partial charge in [0.15, 0.2) is 0 Å². The molecule has 4 nitrogen and oxygen atoms in total. The molecule has 1 aliphatic carbocycles. The van der Waals surface area contributed by atoms with E-state index in [-0.39, 0.29) is 12.1 Å². The van der Waals surface area contributed by atoms with Crippen molar-refractivity contribution in [2.75, 3.05) is 0 Å². The second kappa shape index (κ2) is 2.88. The van der Waals surface area contributed by atoms with Crippen molar-refractivity contribution >= 4 is 6.09 Å². The molecule has 0 aromatic rings. The van der Waals surface area contributed by atoms with E-state index in [4.69, 9.17) is 16.2 Å². The highest BCUT2D eigenvalue weighted by atomic mass is 16.6. The van der Waals surface area contributed by atoms with Crippen LogP contribution in [0.3, 0.4) is 0 Å². The Morgan fingerprint density at radius 3 is 2.60 bits per heavy atom. The summed E-state index contributed by atoms with van der Waals surface area (Å²) >= 11 is 0. The molecule has 0 radical (unpaired) electrons. The van der Waals surface area contributed by atoms with Gasteiger partial charge < -0.3 is 16.2 Å². The summed E-state index contributed by atoms with van der Waals surface area (Å²) in [6, 6.07) is -0.00694. The van der Waals surface area contributed by atoms with Crippen LogP contribution in [0.1, 0.15) is 19.3 Å². The van der Waals surface area contributed by atoms with Crippen LogP contribution in [0.2, 0.25) is 0 Å². The van der Waals surface area contributed by atoms with E-state index < -0.39 is 6.09 Å². The number of hydrogen-bond donors (Lipinski definition) is 2. The second-order valence-electron chi connectivity index (χ2n) is 2.57. The monoisotopic (exact) mass is 144 g/mol. The van der Waals surface area contributed by atoms with Gasteiger partial charge >= 0.3 is 6.09 Å². The smallest absolute Gasteiger partial charge is 0.404 e. The largest absolute Gasteiger partial charge is 0.445 e. The first-order valence-electron chi connectivity index (χ1n) is 3.42. The highest BCUT2D eigenvalue weighted by Gasteiger charge is 2.26. The predicted octanol–water partition coefficient (Wildman–Crippen LogP) is -0.0385. The molecule has 2 unspecified atom stereocenters. The topological polar surface area (TPSA) is 78.3 Å². The van der Waals surface area contributed by atoms with E-state index in [1.165, 1.54) is 0 Å². The standard InChI is InChI=1S/C6H12N2O2/c7-4-2-1-3-5(4)10-6(8)9/h4-5H,1-3,7H2,(H2,8,9). The van der Waals surface area contributed by atoms with Crippen LogP contribution in [-0.4, -0.2) is 18.2 Å². The lowest BCUT2D eigenvalue weighted by Gasteiger charge is -2.13. The Morgan fingerprint density at radius 1 is 1.50 bits per heavy atom. The van der Waals surface area contributed by atoms with Crippen LogP contribution < -0.4 is 11.5 Å². The van der Waals surface area contributed by atoms with E-state index in [1.807, 2.05) is 0 Å². The Morgan fingerprint density at radius 2 is 2.20 bits per heavy atom. The van der Waals surface area contributed by atoms with Gasteiger partial charge in [-0.2, -0.15) is 0 Å². The SMILES string of the molecule is NC(=O)OC1CCCC1N. The highest BCUT2D eigenvalue weighted by Crippen LogP contribution is 2.19. The Balaban J connectivity index is 2.33. The third-order valence-electron chi connectivity index (χ3n) is 1.77. The molecule has 1 fully saturated rings. The highest BCUT2D eigenvalue weighted by molar-refractivity contribution is 5.64. The fraction of sp³-hybridized carbons (Fsp3) is 0.833. The first-order valence-corrected chi connectivity index (χ1v) is 3.42. The second-order valence-corrected chi connectivity index (χ2v) is 2.57. The minimum absolute atomic E-state index is 0.00694. The third kappa shape index (κ3) is 1.60. The molecule has 4 N–H and O–H groups in total. The maximum atomic E-state index is 10.2. The van der Waals surface area contributed by atoms with Crippen LogP contribution in [0.5, 0.6) is 0 Å². The number of hydrogen-bond acceptors (Lipinski definition) is 3. The fourth-order valence-electron chi connectivity index (χ4n) is 1.25. The van der Waals surface area contributed by atoms with E-state index in [0.717, 1.165) is 19.3 Å². The lowest BCUT2D eigenvalue weighted by Crippen LogP contribution is -2.34. The molecule has 1 saturated carbocycles. The number of carbonyl (C=O) groups excluding carboxylic acids is 1. The maximum absolute atomic E-state index is 10.2. The number of rotatable bonds is 1. The van der Waals surface area contributed by atoms with Gasteiger partial charge in [-0.15, -0.1) is 0 Å². The maximum Gasteiger partial charge on any atom is 0.404 e. The van der Waals surface area contributed by atoms with Crippen LogP contribution >= 0.6 is 0 Å². The molecule has 58 valence electrons. The summed E-state index contributed by atoms with van der Waals surface area (Å²) in [5.74, 6) is 0. The van der Waals surface area contributed by atoms with Crippen molar-refractivity contribution in [3.05, 3.63) is 0 Å². The summed E-state index contributed by atoms with van der Waals surface area (Å²) < 4.78 is 4.74. The lowest BCUT2D eigenvalue weighted by atomic mass is 10.2. The number of nitrogens with two attached hydrogens (primary N) is 2. The molecule has 0 aromatic carbocycles. The number of amides is 1. The van der Waals surface area contributed by atoms with Gasteiger partial charge in [0.25, 0.3) is 0 Å². The quantitative estimate of drug-likeness (QED) is 0.542. The predicted molar refractivity (Wildman–Crippen MR) is 36.3 cm³/mol. The average molecular weight is 144 g/mol. The zero-order valence-corrected chi connectivity index (χ0v) is 5.75. The zero-order chi connectivity index (χ0) is 7.56. The Labute approximate surface area is 59.5 Å². The summed E-state index contributed by atoms with van der Waals surface area (Å²) in [6.45, 7) is 0. The van der Waals surface area contributed by atoms with Crippen molar-refractivity contribution in [1.29, 1.82) is 0 Å². The fourth-order valence-corrected chi connectivity index (χ4v) is 1.25. The van der Waals surface area contributed by atoms with Gasteiger partial charge in [0, 0.05) is 6.04 Å². The van der Waals surface area contributed by atoms with E-state index in [0.29, 0.717) is 0 Å². The normalized spacial score (nSPS) is 32.1. The Hall–Kier alpha value is -0.770. The van der Waals surface area contributed by atoms with Crippen LogP contribution in [0.25, 0.3) is 0 Å². The van der Waals surface area contributed by atoms with E-state index in [2.05, 4.69) is 0 Å². The van der Waals surface area contributed by atoms with Crippen LogP contribution in [-0.2, 0) is 4.74 Å². The number of carbonyl (C=O) groups is 1. The molecule has 1 aliphatic rings. The Bertz CT molecular complexity index is 138. The van der Waals surface area contributed by atoms with Gasteiger partial charge in [-0.25, -0.2) is 4.79 Å². The van der Waals surface area contributed by atoms with Crippen LogP contribution in [0, 0.1) is 0 Å². The summed E-state index contributed by atoms with van der Waals surface area (Å²) in [7, 11) is 0. The summed E-state index contributed by atoms with van der Waals surface area (Å²) in [5, 5.41) is 0. The van der Waals surface area contributed by atoms with E-state index in [9.17, 15) is 4.79 Å². The molecule has 0 spiro atoms. The van der Waals surface area contributed by atoms with Gasteiger partial charge in [0.05, 0.1) is 0 Å². The van der Waals surface area contributed by atoms with Gasteiger partial charge in [0.2, 0.25) is 0 Å². The minimum atomic E-state index is -0.720. The van der Waals surface area contributed by atoms with Crippen molar-refractivity contribution in [2.45, 2.75) is 31.4 Å². The summed E-state index contributed by atoms with van der Waals surface area (Å²) in [4.78, 5) is 10.2. The molecule has 1 amide bonds. The van der Waals surface area contributed by atoms with Gasteiger partial charge in [0.1, 0.15) is 6.10 Å². The molecule has 0 aliphatic heterocycles. The van der Waals surface area contributed by atoms with Crippen molar-refractivity contribution in [3.8, 4) is 0 Å². The van der Waals surface area contributed by atoms with E-state index in [1.54, 1.807) is 0 Å². The molecule has 1 rings (SSSR count). The first-order chi connectivity index (χ1) is 4.70. The zero-order valence-electron chi connectivity index (χ0n) is 5.75. The summed E-state index contributed by atoms with van der Waals surface area (Å²) in [6.07, 6.45) is 1.95. The molecule has 0 saturated heterocycles. The molecule has 0 aromatic heterocycles. The molecule has 4 heteroatoms. The first kappa shape index (κ1) is 7.34.